The quantitative estimate of drug-likeness (QED) is 0.758. The Morgan fingerprint density at radius 3 is 2.50 bits per heavy atom. The van der Waals surface area contributed by atoms with E-state index in [0.29, 0.717) is 6.54 Å². The third-order valence-electron chi connectivity index (χ3n) is 3.61. The van der Waals surface area contributed by atoms with Crippen LogP contribution in [0, 0.1) is 0 Å². The van der Waals surface area contributed by atoms with Crippen LogP contribution in [0.5, 0.6) is 0 Å². The first-order valence-corrected chi connectivity index (χ1v) is 6.61. The smallest absolute Gasteiger partial charge is 0.120 e. The van der Waals surface area contributed by atoms with Gasteiger partial charge in [0.2, 0.25) is 0 Å². The maximum atomic E-state index is 10.8. The van der Waals surface area contributed by atoms with E-state index in [2.05, 4.69) is 4.98 Å². The van der Waals surface area contributed by atoms with Crippen molar-refractivity contribution in [2.75, 3.05) is 6.54 Å². The Labute approximate surface area is 117 Å². The van der Waals surface area contributed by atoms with E-state index in [9.17, 15) is 5.11 Å². The second-order valence-corrected chi connectivity index (χ2v) is 4.96. The van der Waals surface area contributed by atoms with Gasteiger partial charge in [0.1, 0.15) is 5.60 Å². The van der Waals surface area contributed by atoms with Gasteiger partial charge in [-0.05, 0) is 17.7 Å². The van der Waals surface area contributed by atoms with Crippen molar-refractivity contribution in [3.05, 3.63) is 66.5 Å². The van der Waals surface area contributed by atoms with Gasteiger partial charge in [-0.1, -0.05) is 42.5 Å². The van der Waals surface area contributed by atoms with Gasteiger partial charge < -0.3 is 15.4 Å². The maximum Gasteiger partial charge on any atom is 0.120 e. The van der Waals surface area contributed by atoms with Crippen LogP contribution in [-0.2, 0) is 12.1 Å². The first kappa shape index (κ1) is 12.8. The fourth-order valence-electron chi connectivity index (χ4n) is 2.44. The number of para-hydroxylation sites is 2. The molecule has 2 aromatic carbocycles. The SMILES string of the molecule is NCC(O)(Cn1cnc2ccccc21)c1ccccc1. The average molecular weight is 267 g/mol. The van der Waals surface area contributed by atoms with Crippen LogP contribution < -0.4 is 5.73 Å². The van der Waals surface area contributed by atoms with Crippen molar-refractivity contribution in [3.63, 3.8) is 0 Å². The van der Waals surface area contributed by atoms with Crippen molar-refractivity contribution in [2.45, 2.75) is 12.1 Å². The van der Waals surface area contributed by atoms with Crippen molar-refractivity contribution in [1.29, 1.82) is 0 Å². The van der Waals surface area contributed by atoms with Gasteiger partial charge in [0.15, 0.2) is 0 Å². The van der Waals surface area contributed by atoms with Crippen LogP contribution in [-0.4, -0.2) is 21.2 Å². The second kappa shape index (κ2) is 5.07. The van der Waals surface area contributed by atoms with Gasteiger partial charge in [0, 0.05) is 6.54 Å². The number of nitrogens with two attached hydrogens (primary N) is 1. The van der Waals surface area contributed by atoms with Gasteiger partial charge in [0.25, 0.3) is 0 Å². The van der Waals surface area contributed by atoms with E-state index >= 15 is 0 Å². The molecule has 0 amide bonds. The number of imidazole rings is 1. The number of benzene rings is 2. The molecule has 0 bridgehead atoms. The second-order valence-electron chi connectivity index (χ2n) is 4.96. The van der Waals surface area contributed by atoms with Gasteiger partial charge in [-0.15, -0.1) is 0 Å². The molecule has 3 N–H and O–H groups in total. The zero-order valence-corrected chi connectivity index (χ0v) is 11.1. The molecule has 1 heterocycles. The first-order chi connectivity index (χ1) is 9.73. The van der Waals surface area contributed by atoms with Crippen molar-refractivity contribution in [1.82, 2.24) is 9.55 Å². The van der Waals surface area contributed by atoms with Gasteiger partial charge in [0.05, 0.1) is 23.9 Å². The Kier molecular flexibility index (Phi) is 3.26. The molecule has 1 unspecified atom stereocenters. The van der Waals surface area contributed by atoms with Crippen LogP contribution >= 0.6 is 0 Å². The summed E-state index contributed by atoms with van der Waals surface area (Å²) >= 11 is 0. The van der Waals surface area contributed by atoms with Crippen molar-refractivity contribution >= 4 is 11.0 Å². The number of fused-ring (bicyclic) bond motifs is 1. The number of hydrogen-bond donors (Lipinski definition) is 2. The molecule has 1 atom stereocenters. The van der Waals surface area contributed by atoms with Crippen molar-refractivity contribution in [3.8, 4) is 0 Å². The van der Waals surface area contributed by atoms with E-state index in [1.807, 2.05) is 59.2 Å². The first-order valence-electron chi connectivity index (χ1n) is 6.61. The maximum absolute atomic E-state index is 10.8. The highest BCUT2D eigenvalue weighted by Gasteiger charge is 2.28. The highest BCUT2D eigenvalue weighted by atomic mass is 16.3. The van der Waals surface area contributed by atoms with Crippen LogP contribution in [0.25, 0.3) is 11.0 Å². The normalized spacial score (nSPS) is 14.3. The average Bonchev–Trinajstić information content (AvgIpc) is 2.91. The molecule has 0 saturated heterocycles. The molecule has 0 aliphatic heterocycles. The van der Waals surface area contributed by atoms with E-state index < -0.39 is 5.60 Å². The van der Waals surface area contributed by atoms with E-state index in [0.717, 1.165) is 16.6 Å². The zero-order valence-electron chi connectivity index (χ0n) is 11.1. The molecule has 0 spiro atoms. The predicted molar refractivity (Wildman–Crippen MR) is 79.1 cm³/mol. The van der Waals surface area contributed by atoms with Crippen molar-refractivity contribution in [2.24, 2.45) is 5.73 Å². The Morgan fingerprint density at radius 1 is 1.05 bits per heavy atom. The summed E-state index contributed by atoms with van der Waals surface area (Å²) in [5.41, 5.74) is 7.46. The molecule has 1 aromatic heterocycles. The van der Waals surface area contributed by atoms with E-state index in [4.69, 9.17) is 5.73 Å². The summed E-state index contributed by atoms with van der Waals surface area (Å²) in [7, 11) is 0. The Morgan fingerprint density at radius 2 is 1.75 bits per heavy atom. The summed E-state index contributed by atoms with van der Waals surface area (Å²) in [6, 6.07) is 17.4. The number of nitrogens with zero attached hydrogens (tertiary/aromatic N) is 2. The summed E-state index contributed by atoms with van der Waals surface area (Å²) < 4.78 is 1.94. The molecular formula is C16H17N3O. The third kappa shape index (κ3) is 2.19. The highest BCUT2D eigenvalue weighted by molar-refractivity contribution is 5.74. The lowest BCUT2D eigenvalue weighted by molar-refractivity contribution is 0.0286. The number of aromatic nitrogens is 2. The highest BCUT2D eigenvalue weighted by Crippen LogP contribution is 2.24. The summed E-state index contributed by atoms with van der Waals surface area (Å²) in [6.07, 6.45) is 1.74. The molecular weight excluding hydrogens is 250 g/mol. The molecule has 0 aliphatic carbocycles. The van der Waals surface area contributed by atoms with Gasteiger partial charge >= 0.3 is 0 Å². The van der Waals surface area contributed by atoms with Gasteiger partial charge in [-0.2, -0.15) is 0 Å². The fraction of sp³-hybridized carbons (Fsp3) is 0.188. The topological polar surface area (TPSA) is 64.1 Å². The zero-order chi connectivity index (χ0) is 14.0. The summed E-state index contributed by atoms with van der Waals surface area (Å²) in [5.74, 6) is 0. The largest absolute Gasteiger partial charge is 0.382 e. The van der Waals surface area contributed by atoms with Crippen LogP contribution in [0.2, 0.25) is 0 Å². The number of aliphatic hydroxyl groups is 1. The molecule has 0 fully saturated rings. The number of rotatable bonds is 4. The lowest BCUT2D eigenvalue weighted by atomic mass is 9.94. The molecule has 4 nitrogen and oxygen atoms in total. The third-order valence-corrected chi connectivity index (χ3v) is 3.61. The lowest BCUT2D eigenvalue weighted by Gasteiger charge is -2.27. The van der Waals surface area contributed by atoms with Gasteiger partial charge in [-0.25, -0.2) is 4.98 Å². The molecule has 0 radical (unpaired) electrons. The molecule has 3 rings (SSSR count). The lowest BCUT2D eigenvalue weighted by Crippen LogP contribution is -2.39. The van der Waals surface area contributed by atoms with E-state index in [1.165, 1.54) is 0 Å². The minimum Gasteiger partial charge on any atom is -0.382 e. The molecule has 20 heavy (non-hydrogen) atoms. The molecule has 3 aromatic rings. The fourth-order valence-corrected chi connectivity index (χ4v) is 2.44. The van der Waals surface area contributed by atoms with Crippen molar-refractivity contribution < 1.29 is 5.11 Å². The van der Waals surface area contributed by atoms with Crippen LogP contribution in [0.4, 0.5) is 0 Å². The van der Waals surface area contributed by atoms with Crippen LogP contribution in [0.3, 0.4) is 0 Å². The summed E-state index contributed by atoms with van der Waals surface area (Å²) in [5, 5.41) is 10.8. The predicted octanol–water partition coefficient (Wildman–Crippen LogP) is 1.88. The molecule has 0 aliphatic rings. The Bertz CT molecular complexity index is 708. The Balaban J connectivity index is 1.99. The molecule has 102 valence electrons. The van der Waals surface area contributed by atoms with E-state index in [-0.39, 0.29) is 6.54 Å². The van der Waals surface area contributed by atoms with Gasteiger partial charge in [-0.3, -0.25) is 0 Å². The Hall–Kier alpha value is -2.17. The minimum absolute atomic E-state index is 0.156. The minimum atomic E-state index is -1.09. The molecule has 0 saturated carbocycles. The molecule has 4 heteroatoms. The van der Waals surface area contributed by atoms with Crippen LogP contribution in [0.15, 0.2) is 60.9 Å². The summed E-state index contributed by atoms with van der Waals surface area (Å²) in [6.45, 7) is 0.539. The van der Waals surface area contributed by atoms with E-state index in [1.54, 1.807) is 6.33 Å². The standard InChI is InChI=1S/C16H17N3O/c17-10-16(20,13-6-2-1-3-7-13)11-19-12-18-14-8-4-5-9-15(14)19/h1-9,12,20H,10-11,17H2. The summed E-state index contributed by atoms with van der Waals surface area (Å²) in [4.78, 5) is 4.34. The number of hydrogen-bond acceptors (Lipinski definition) is 3. The van der Waals surface area contributed by atoms with Crippen LogP contribution in [0.1, 0.15) is 5.56 Å². The monoisotopic (exact) mass is 267 g/mol.